The summed E-state index contributed by atoms with van der Waals surface area (Å²) in [7, 11) is 0. The zero-order valence-corrected chi connectivity index (χ0v) is 8.59. The molecule has 0 aromatic carbocycles. The van der Waals surface area contributed by atoms with Gasteiger partial charge in [-0.1, -0.05) is 0 Å². The van der Waals surface area contributed by atoms with E-state index in [1.807, 2.05) is 6.92 Å². The zero-order chi connectivity index (χ0) is 10.8. The summed E-state index contributed by atoms with van der Waals surface area (Å²) < 4.78 is 0. The quantitative estimate of drug-likeness (QED) is 0.643. The van der Waals surface area contributed by atoms with Crippen LogP contribution in [0.15, 0.2) is 6.20 Å². The highest BCUT2D eigenvalue weighted by atomic mass is 16.3. The third kappa shape index (κ3) is 2.56. The number of aromatic nitrogens is 2. The van der Waals surface area contributed by atoms with Crippen LogP contribution in [0.4, 0.5) is 0 Å². The number of aryl methyl sites for hydroxylation is 1. The van der Waals surface area contributed by atoms with E-state index in [0.717, 1.165) is 11.3 Å². The first-order valence-electron chi connectivity index (χ1n) is 4.41. The van der Waals surface area contributed by atoms with Crippen molar-refractivity contribution in [3.8, 4) is 0 Å². The van der Waals surface area contributed by atoms with Crippen LogP contribution in [-0.2, 0) is 11.3 Å². The average Bonchev–Trinajstić information content (AvgIpc) is 2.45. The molecule has 1 heterocycles. The molecule has 0 saturated heterocycles. The average molecular weight is 197 g/mol. The molecule has 1 rings (SSSR count). The Morgan fingerprint density at radius 2 is 2.36 bits per heavy atom. The fourth-order valence-corrected chi connectivity index (χ4v) is 0.946. The third-order valence-corrected chi connectivity index (χ3v) is 1.93. The van der Waals surface area contributed by atoms with Crippen molar-refractivity contribution >= 4 is 5.91 Å². The number of hydrogen-bond donors (Lipinski definition) is 3. The Hall–Kier alpha value is -1.36. The van der Waals surface area contributed by atoms with Gasteiger partial charge in [0.05, 0.1) is 6.20 Å². The van der Waals surface area contributed by atoms with Gasteiger partial charge in [0.1, 0.15) is 5.60 Å². The number of carbonyl (C=O) groups is 1. The lowest BCUT2D eigenvalue weighted by atomic mass is 10.1. The summed E-state index contributed by atoms with van der Waals surface area (Å²) in [5.41, 5.74) is 0.501. The van der Waals surface area contributed by atoms with Gasteiger partial charge in [-0.25, -0.2) is 0 Å². The number of nitrogens with zero attached hydrogens (tertiary/aromatic N) is 1. The molecule has 1 aromatic rings. The number of H-pyrrole nitrogens is 1. The van der Waals surface area contributed by atoms with Crippen molar-refractivity contribution in [2.24, 2.45) is 0 Å². The summed E-state index contributed by atoms with van der Waals surface area (Å²) in [4.78, 5) is 11.3. The minimum absolute atomic E-state index is 0.380. The Balaban J connectivity index is 2.50. The van der Waals surface area contributed by atoms with Crippen LogP contribution in [0.3, 0.4) is 0 Å². The standard InChI is InChI=1S/C9H15N3O2/c1-6-7(5-11-12-6)4-10-8(13)9(2,3)14/h5,14H,4H2,1-3H3,(H,10,13)(H,11,12). The van der Waals surface area contributed by atoms with Gasteiger partial charge in [0.15, 0.2) is 0 Å². The van der Waals surface area contributed by atoms with Crippen LogP contribution in [0, 0.1) is 6.92 Å². The summed E-state index contributed by atoms with van der Waals surface area (Å²) in [6.45, 7) is 5.15. The number of carbonyl (C=O) groups excluding carboxylic acids is 1. The van der Waals surface area contributed by atoms with Gasteiger partial charge in [-0.2, -0.15) is 5.10 Å². The first-order chi connectivity index (χ1) is 6.41. The lowest BCUT2D eigenvalue weighted by molar-refractivity contribution is -0.136. The Labute approximate surface area is 82.5 Å². The molecule has 14 heavy (non-hydrogen) atoms. The summed E-state index contributed by atoms with van der Waals surface area (Å²) in [5, 5.41) is 18.6. The molecule has 0 fully saturated rings. The summed E-state index contributed by atoms with van der Waals surface area (Å²) in [5.74, 6) is -0.391. The maximum Gasteiger partial charge on any atom is 0.251 e. The summed E-state index contributed by atoms with van der Waals surface area (Å²) in [6, 6.07) is 0. The molecule has 0 radical (unpaired) electrons. The smallest absolute Gasteiger partial charge is 0.251 e. The molecule has 0 saturated carbocycles. The summed E-state index contributed by atoms with van der Waals surface area (Å²) >= 11 is 0. The van der Waals surface area contributed by atoms with Crippen LogP contribution in [0.5, 0.6) is 0 Å². The second-order valence-corrected chi connectivity index (χ2v) is 3.76. The Morgan fingerprint density at radius 1 is 1.71 bits per heavy atom. The van der Waals surface area contributed by atoms with Gasteiger partial charge in [0.2, 0.25) is 0 Å². The maximum absolute atomic E-state index is 11.3. The Morgan fingerprint density at radius 3 is 2.79 bits per heavy atom. The highest BCUT2D eigenvalue weighted by molar-refractivity contribution is 5.83. The SMILES string of the molecule is Cc1[nH]ncc1CNC(=O)C(C)(C)O. The minimum atomic E-state index is -1.34. The fourth-order valence-electron chi connectivity index (χ4n) is 0.946. The first-order valence-corrected chi connectivity index (χ1v) is 4.41. The zero-order valence-electron chi connectivity index (χ0n) is 8.59. The van der Waals surface area contributed by atoms with Crippen molar-refractivity contribution in [3.05, 3.63) is 17.5 Å². The number of aromatic amines is 1. The second kappa shape index (κ2) is 3.79. The molecule has 0 spiro atoms. The Kier molecular flexibility index (Phi) is 2.90. The van der Waals surface area contributed by atoms with Gasteiger partial charge in [-0.05, 0) is 20.8 Å². The molecule has 0 aliphatic rings. The number of hydrogen-bond acceptors (Lipinski definition) is 3. The molecule has 5 nitrogen and oxygen atoms in total. The van der Waals surface area contributed by atoms with E-state index in [0.29, 0.717) is 6.54 Å². The van der Waals surface area contributed by atoms with Crippen molar-refractivity contribution < 1.29 is 9.90 Å². The van der Waals surface area contributed by atoms with Crippen molar-refractivity contribution in [1.29, 1.82) is 0 Å². The van der Waals surface area contributed by atoms with Crippen molar-refractivity contribution in [1.82, 2.24) is 15.5 Å². The van der Waals surface area contributed by atoms with E-state index in [2.05, 4.69) is 15.5 Å². The van der Waals surface area contributed by atoms with Gasteiger partial charge < -0.3 is 10.4 Å². The first kappa shape index (κ1) is 10.7. The van der Waals surface area contributed by atoms with E-state index >= 15 is 0 Å². The van der Waals surface area contributed by atoms with E-state index in [4.69, 9.17) is 0 Å². The molecule has 1 aromatic heterocycles. The normalized spacial score (nSPS) is 11.4. The van der Waals surface area contributed by atoms with Crippen LogP contribution in [0.1, 0.15) is 25.1 Å². The predicted octanol–water partition coefficient (Wildman–Crippen LogP) is 0.105. The monoisotopic (exact) mass is 197 g/mol. The van der Waals surface area contributed by atoms with E-state index in [1.165, 1.54) is 13.8 Å². The topological polar surface area (TPSA) is 78.0 Å². The van der Waals surface area contributed by atoms with Crippen LogP contribution in [-0.4, -0.2) is 26.8 Å². The van der Waals surface area contributed by atoms with Crippen LogP contribution in [0.2, 0.25) is 0 Å². The number of amides is 1. The molecule has 0 unspecified atom stereocenters. The van der Waals surface area contributed by atoms with Gasteiger partial charge in [0.25, 0.3) is 5.91 Å². The number of aliphatic hydroxyl groups is 1. The highest BCUT2D eigenvalue weighted by Gasteiger charge is 2.23. The minimum Gasteiger partial charge on any atom is -0.381 e. The molecule has 0 atom stereocenters. The van der Waals surface area contributed by atoms with Crippen LogP contribution < -0.4 is 5.32 Å². The molecule has 0 aliphatic heterocycles. The van der Waals surface area contributed by atoms with E-state index in [9.17, 15) is 9.90 Å². The van der Waals surface area contributed by atoms with E-state index in [-0.39, 0.29) is 0 Å². The Bertz CT molecular complexity index is 325. The summed E-state index contributed by atoms with van der Waals surface area (Å²) in [6.07, 6.45) is 1.65. The molecule has 78 valence electrons. The van der Waals surface area contributed by atoms with Crippen LogP contribution >= 0.6 is 0 Å². The van der Waals surface area contributed by atoms with E-state index < -0.39 is 11.5 Å². The molecule has 0 aliphatic carbocycles. The number of rotatable bonds is 3. The van der Waals surface area contributed by atoms with Gasteiger partial charge in [-0.3, -0.25) is 9.89 Å². The third-order valence-electron chi connectivity index (χ3n) is 1.93. The van der Waals surface area contributed by atoms with Crippen molar-refractivity contribution in [2.75, 3.05) is 0 Å². The number of nitrogens with one attached hydrogen (secondary N) is 2. The van der Waals surface area contributed by atoms with Crippen molar-refractivity contribution in [2.45, 2.75) is 32.9 Å². The van der Waals surface area contributed by atoms with E-state index in [1.54, 1.807) is 6.20 Å². The highest BCUT2D eigenvalue weighted by Crippen LogP contribution is 2.04. The molecule has 5 heteroatoms. The fraction of sp³-hybridized carbons (Fsp3) is 0.556. The lowest BCUT2D eigenvalue weighted by Crippen LogP contribution is -2.41. The van der Waals surface area contributed by atoms with Gasteiger partial charge >= 0.3 is 0 Å². The maximum atomic E-state index is 11.3. The molecule has 0 bridgehead atoms. The molecular weight excluding hydrogens is 182 g/mol. The molecular formula is C9H15N3O2. The van der Waals surface area contributed by atoms with Crippen LogP contribution in [0.25, 0.3) is 0 Å². The van der Waals surface area contributed by atoms with Gasteiger partial charge in [-0.15, -0.1) is 0 Å². The molecule has 1 amide bonds. The van der Waals surface area contributed by atoms with Gasteiger partial charge in [0, 0.05) is 17.8 Å². The molecule has 3 N–H and O–H groups in total. The predicted molar refractivity (Wildman–Crippen MR) is 51.5 cm³/mol. The lowest BCUT2D eigenvalue weighted by Gasteiger charge is -2.16. The van der Waals surface area contributed by atoms with Crippen molar-refractivity contribution in [3.63, 3.8) is 0 Å². The largest absolute Gasteiger partial charge is 0.381 e. The second-order valence-electron chi connectivity index (χ2n) is 3.76.